The number of aliphatic carboxylic acids is 1. The van der Waals surface area contributed by atoms with Gasteiger partial charge in [0.15, 0.2) is 0 Å². The fourth-order valence-corrected chi connectivity index (χ4v) is 2.60. The number of aromatic nitrogens is 2. The van der Waals surface area contributed by atoms with Crippen molar-refractivity contribution in [3.63, 3.8) is 0 Å². The third-order valence-corrected chi connectivity index (χ3v) is 3.71. The minimum atomic E-state index is -1.62. The van der Waals surface area contributed by atoms with Crippen molar-refractivity contribution in [1.29, 1.82) is 0 Å². The number of hydrogen-bond acceptors (Lipinski definition) is 7. The Balaban J connectivity index is 2.45. The maximum atomic E-state index is 11.5. The van der Waals surface area contributed by atoms with Crippen molar-refractivity contribution in [2.45, 2.75) is 37.2 Å². The van der Waals surface area contributed by atoms with Crippen molar-refractivity contribution in [1.82, 2.24) is 15.5 Å². The van der Waals surface area contributed by atoms with Gasteiger partial charge in [0.2, 0.25) is 11.7 Å². The zero-order chi connectivity index (χ0) is 17.9. The predicted molar refractivity (Wildman–Crippen MR) is 78.6 cm³/mol. The number of carboxylic acid groups (broad SMARTS) is 1. The van der Waals surface area contributed by atoms with E-state index in [9.17, 15) is 24.9 Å². The molecular formula is C14H19N3O7. The number of aliphatic hydroxyl groups excluding tert-OH is 3. The number of carbonyl (C=O) groups is 2. The Bertz CT molecular complexity index is 616. The Morgan fingerprint density at radius 3 is 2.67 bits per heavy atom. The first kappa shape index (κ1) is 17.9. The van der Waals surface area contributed by atoms with Gasteiger partial charge in [-0.25, -0.2) is 4.79 Å². The van der Waals surface area contributed by atoms with Gasteiger partial charge in [0.05, 0.1) is 12.6 Å². The maximum Gasteiger partial charge on any atom is 0.370 e. The number of aromatic amines is 1. The van der Waals surface area contributed by atoms with Gasteiger partial charge >= 0.3 is 5.97 Å². The molecule has 10 heteroatoms. The summed E-state index contributed by atoms with van der Waals surface area (Å²) in [7, 11) is 0. The number of rotatable bonds is 6. The molecular weight excluding hydrogens is 322 g/mol. The van der Waals surface area contributed by atoms with E-state index in [0.717, 1.165) is 0 Å². The highest BCUT2D eigenvalue weighted by Gasteiger charge is 2.44. The van der Waals surface area contributed by atoms with E-state index < -0.39 is 54.5 Å². The Hall–Kier alpha value is -2.43. The van der Waals surface area contributed by atoms with E-state index >= 15 is 0 Å². The largest absolute Gasteiger partial charge is 0.478 e. The van der Waals surface area contributed by atoms with Crippen LogP contribution in [0.25, 0.3) is 0 Å². The number of nitrogens with zero attached hydrogens (tertiary/aromatic N) is 1. The van der Waals surface area contributed by atoms with Crippen LogP contribution in [-0.2, 0) is 14.3 Å². The highest BCUT2D eigenvalue weighted by molar-refractivity contribution is 5.85. The molecule has 0 spiro atoms. The number of H-pyrrole nitrogens is 1. The van der Waals surface area contributed by atoms with E-state index in [1.807, 2.05) is 0 Å². The van der Waals surface area contributed by atoms with Crippen LogP contribution in [0.5, 0.6) is 0 Å². The molecule has 1 aliphatic heterocycles. The summed E-state index contributed by atoms with van der Waals surface area (Å²) >= 11 is 0. The summed E-state index contributed by atoms with van der Waals surface area (Å²) in [6, 6.07) is 0.703. The van der Waals surface area contributed by atoms with Crippen molar-refractivity contribution in [2.24, 2.45) is 0 Å². The van der Waals surface area contributed by atoms with E-state index in [1.54, 1.807) is 6.07 Å². The topological polar surface area (TPSA) is 165 Å². The molecule has 6 N–H and O–H groups in total. The van der Waals surface area contributed by atoms with Crippen LogP contribution in [0.4, 0.5) is 0 Å². The minimum Gasteiger partial charge on any atom is -0.478 e. The number of carboxylic acids is 1. The second-order valence-electron chi connectivity index (χ2n) is 5.42. The number of amides is 1. The van der Waals surface area contributed by atoms with Crippen molar-refractivity contribution < 1.29 is 34.8 Å². The Morgan fingerprint density at radius 1 is 1.46 bits per heavy atom. The molecule has 0 fully saturated rings. The van der Waals surface area contributed by atoms with E-state index in [0.29, 0.717) is 5.69 Å². The fourth-order valence-electron chi connectivity index (χ4n) is 2.60. The van der Waals surface area contributed by atoms with Gasteiger partial charge in [-0.2, -0.15) is 5.10 Å². The Kier molecular flexibility index (Phi) is 5.54. The number of nitrogens with one attached hydrogen (secondary N) is 2. The standard InChI is InChI=1S/C14H19N3O7/c1-6(19)16-11-7(8-2-3-15-17-8)4-10(14(22)23)24-13(11)12(21)9(20)5-18/h2-4,7,9,11-13,18,20-21H,5H2,1H3,(H,15,17)(H,16,19)(H,22,23)/t7-,9+,11+,12+,13+/m0/s1. The average Bonchev–Trinajstić information content (AvgIpc) is 3.07. The third-order valence-electron chi connectivity index (χ3n) is 3.71. The highest BCUT2D eigenvalue weighted by Crippen LogP contribution is 2.32. The molecule has 0 saturated carbocycles. The van der Waals surface area contributed by atoms with Gasteiger partial charge in [0.25, 0.3) is 0 Å². The minimum absolute atomic E-state index is 0.434. The van der Waals surface area contributed by atoms with Crippen LogP contribution in [0.2, 0.25) is 0 Å². The molecule has 10 nitrogen and oxygen atoms in total. The van der Waals surface area contributed by atoms with Crippen molar-refractivity contribution >= 4 is 11.9 Å². The summed E-state index contributed by atoms with van der Waals surface area (Å²) < 4.78 is 5.27. The van der Waals surface area contributed by atoms with Gasteiger partial charge in [0, 0.05) is 24.7 Å². The fraction of sp³-hybridized carbons (Fsp3) is 0.500. The number of carbonyl (C=O) groups excluding carboxylic acids is 1. The Morgan fingerprint density at radius 2 is 2.17 bits per heavy atom. The molecule has 0 unspecified atom stereocenters. The smallest absolute Gasteiger partial charge is 0.370 e. The SMILES string of the molecule is CC(=O)N[C@H]1[C@H]([C@H](O)[C@H](O)CO)OC(C(=O)O)=C[C@H]1c1ccn[nH]1. The van der Waals surface area contributed by atoms with Gasteiger partial charge < -0.3 is 30.5 Å². The van der Waals surface area contributed by atoms with Gasteiger partial charge in [0.1, 0.15) is 18.3 Å². The first-order chi connectivity index (χ1) is 11.3. The molecule has 1 aromatic heterocycles. The van der Waals surface area contributed by atoms with Crippen molar-refractivity contribution in [3.05, 3.63) is 29.8 Å². The molecule has 1 aliphatic rings. The molecule has 132 valence electrons. The molecule has 24 heavy (non-hydrogen) atoms. The molecule has 0 aromatic carbocycles. The lowest BCUT2D eigenvalue weighted by atomic mass is 9.85. The summed E-state index contributed by atoms with van der Waals surface area (Å²) in [5, 5.41) is 47.2. The van der Waals surface area contributed by atoms with Crippen LogP contribution in [-0.4, -0.2) is 73.5 Å². The van der Waals surface area contributed by atoms with Crippen molar-refractivity contribution in [3.8, 4) is 0 Å². The molecule has 2 heterocycles. The first-order valence-electron chi connectivity index (χ1n) is 7.20. The number of hydrogen-bond donors (Lipinski definition) is 6. The second-order valence-corrected chi connectivity index (χ2v) is 5.42. The summed E-state index contributed by atoms with van der Waals surface area (Å²) in [4.78, 5) is 22.8. The molecule has 1 aromatic rings. The van der Waals surface area contributed by atoms with Crippen LogP contribution in [0.15, 0.2) is 24.1 Å². The van der Waals surface area contributed by atoms with Gasteiger partial charge in [-0.1, -0.05) is 0 Å². The zero-order valence-electron chi connectivity index (χ0n) is 12.8. The van der Waals surface area contributed by atoms with Crippen LogP contribution in [0, 0.1) is 0 Å². The lowest BCUT2D eigenvalue weighted by Crippen LogP contribution is -2.57. The Labute approximate surface area is 136 Å². The van der Waals surface area contributed by atoms with E-state index in [1.165, 1.54) is 19.2 Å². The van der Waals surface area contributed by atoms with Crippen LogP contribution in [0.1, 0.15) is 18.5 Å². The first-order valence-corrected chi connectivity index (χ1v) is 7.20. The molecule has 0 radical (unpaired) electrons. The molecule has 1 amide bonds. The van der Waals surface area contributed by atoms with E-state index in [-0.39, 0.29) is 0 Å². The summed E-state index contributed by atoms with van der Waals surface area (Å²) in [6.45, 7) is 0.501. The van der Waals surface area contributed by atoms with E-state index in [2.05, 4.69) is 15.5 Å². The second kappa shape index (κ2) is 7.43. The van der Waals surface area contributed by atoms with Crippen LogP contribution < -0.4 is 5.32 Å². The summed E-state index contributed by atoms with van der Waals surface area (Å²) in [5.74, 6) is -2.93. The zero-order valence-corrected chi connectivity index (χ0v) is 12.8. The maximum absolute atomic E-state index is 11.5. The number of aliphatic hydroxyl groups is 3. The van der Waals surface area contributed by atoms with Gasteiger partial charge in [-0.3, -0.25) is 9.89 Å². The summed E-state index contributed by atoms with van der Waals surface area (Å²) in [5.41, 5.74) is 0.492. The lowest BCUT2D eigenvalue weighted by molar-refractivity contribution is -0.146. The predicted octanol–water partition coefficient (Wildman–Crippen LogP) is -1.92. The van der Waals surface area contributed by atoms with Gasteiger partial charge in [-0.05, 0) is 12.1 Å². The van der Waals surface area contributed by atoms with Crippen LogP contribution in [0.3, 0.4) is 0 Å². The lowest BCUT2D eigenvalue weighted by Gasteiger charge is -2.39. The van der Waals surface area contributed by atoms with Crippen molar-refractivity contribution in [2.75, 3.05) is 6.61 Å². The molecule has 0 saturated heterocycles. The average molecular weight is 341 g/mol. The monoisotopic (exact) mass is 341 g/mol. The molecule has 5 atom stereocenters. The molecule has 0 bridgehead atoms. The van der Waals surface area contributed by atoms with Crippen LogP contribution >= 0.6 is 0 Å². The van der Waals surface area contributed by atoms with E-state index in [4.69, 9.17) is 9.84 Å². The normalized spacial score (nSPS) is 26.0. The van der Waals surface area contributed by atoms with Gasteiger partial charge in [-0.15, -0.1) is 0 Å². The number of ether oxygens (including phenoxy) is 1. The molecule has 2 rings (SSSR count). The third kappa shape index (κ3) is 3.72. The summed E-state index contributed by atoms with van der Waals surface area (Å²) in [6.07, 6.45) is -1.74. The molecule has 0 aliphatic carbocycles. The quantitative estimate of drug-likeness (QED) is 0.348. The highest BCUT2D eigenvalue weighted by atomic mass is 16.5.